The number of pyridine rings is 1. The van der Waals surface area contributed by atoms with E-state index < -0.39 is 0 Å². The Hall–Kier alpha value is -2.49. The van der Waals surface area contributed by atoms with Crippen LogP contribution in [0.4, 0.5) is 5.82 Å². The lowest BCUT2D eigenvalue weighted by Gasteiger charge is -2.14. The fraction of sp³-hybridized carbons (Fsp3) is 0.333. The summed E-state index contributed by atoms with van der Waals surface area (Å²) in [5.41, 5.74) is 1.52. The fourth-order valence-electron chi connectivity index (χ4n) is 2.99. The number of hydrogen-bond acceptors (Lipinski definition) is 7. The molecule has 0 aromatic carbocycles. The predicted octanol–water partition coefficient (Wildman–Crippen LogP) is 3.23. The standard InChI is InChI=1S/C21H24N4O3S2/c1-4-9-22-18-15(19(26)25-13-14(3)7-8-17(25)23-18)12-16-20(27)24(21(29)30-16)10-6-11-28-5-2/h4,7-8,12-13,22H,1,5-6,9-11H2,2-3H3. The maximum Gasteiger partial charge on any atom is 0.267 e. The highest BCUT2D eigenvalue weighted by Gasteiger charge is 2.32. The first-order chi connectivity index (χ1) is 14.5. The lowest BCUT2D eigenvalue weighted by atomic mass is 10.2. The van der Waals surface area contributed by atoms with Crippen molar-refractivity contribution in [2.45, 2.75) is 20.3 Å². The van der Waals surface area contributed by atoms with Crippen LogP contribution in [0.3, 0.4) is 0 Å². The molecule has 1 saturated heterocycles. The van der Waals surface area contributed by atoms with Gasteiger partial charge in [-0.05, 0) is 38.0 Å². The third kappa shape index (κ3) is 4.80. The van der Waals surface area contributed by atoms with Gasteiger partial charge in [-0.1, -0.05) is 36.1 Å². The minimum Gasteiger partial charge on any atom is -0.382 e. The van der Waals surface area contributed by atoms with Crippen LogP contribution in [0, 0.1) is 6.92 Å². The number of thiocarbonyl (C=S) groups is 1. The van der Waals surface area contributed by atoms with Gasteiger partial charge in [-0.25, -0.2) is 4.98 Å². The number of anilines is 1. The second-order valence-corrected chi connectivity index (χ2v) is 8.34. The van der Waals surface area contributed by atoms with Gasteiger partial charge in [0, 0.05) is 32.5 Å². The molecule has 158 valence electrons. The lowest BCUT2D eigenvalue weighted by molar-refractivity contribution is -0.122. The molecule has 0 radical (unpaired) electrons. The molecule has 1 aliphatic rings. The van der Waals surface area contributed by atoms with Gasteiger partial charge in [0.1, 0.15) is 15.8 Å². The molecule has 2 aromatic rings. The summed E-state index contributed by atoms with van der Waals surface area (Å²) in [5, 5.41) is 3.10. The van der Waals surface area contributed by atoms with Gasteiger partial charge in [0.15, 0.2) is 0 Å². The number of rotatable bonds is 9. The zero-order valence-electron chi connectivity index (χ0n) is 17.0. The molecule has 3 heterocycles. The Morgan fingerprint density at radius 1 is 1.37 bits per heavy atom. The molecule has 7 nitrogen and oxygen atoms in total. The van der Waals surface area contributed by atoms with Crippen molar-refractivity contribution < 1.29 is 9.53 Å². The summed E-state index contributed by atoms with van der Waals surface area (Å²) in [5.74, 6) is 0.204. The first-order valence-electron chi connectivity index (χ1n) is 9.67. The fourth-order valence-corrected chi connectivity index (χ4v) is 4.28. The topological polar surface area (TPSA) is 75.9 Å². The summed E-state index contributed by atoms with van der Waals surface area (Å²) in [6, 6.07) is 3.68. The van der Waals surface area contributed by atoms with Crippen molar-refractivity contribution in [2.75, 3.05) is 31.6 Å². The van der Waals surface area contributed by atoms with E-state index in [-0.39, 0.29) is 11.5 Å². The summed E-state index contributed by atoms with van der Waals surface area (Å²) in [6.07, 6.45) is 5.69. The van der Waals surface area contributed by atoms with Gasteiger partial charge in [-0.3, -0.25) is 18.9 Å². The molecule has 2 aromatic heterocycles. The SMILES string of the molecule is C=CCNc1nc2ccc(C)cn2c(=O)c1C=C1SC(=S)N(CCCOCC)C1=O. The molecule has 0 saturated carbocycles. The highest BCUT2D eigenvalue weighted by atomic mass is 32.2. The second-order valence-electron chi connectivity index (χ2n) is 6.67. The number of thioether (sulfide) groups is 1. The van der Waals surface area contributed by atoms with Gasteiger partial charge in [0.05, 0.1) is 10.5 Å². The predicted molar refractivity (Wildman–Crippen MR) is 126 cm³/mol. The monoisotopic (exact) mass is 444 g/mol. The Morgan fingerprint density at radius 2 is 2.17 bits per heavy atom. The normalized spacial score (nSPS) is 15.4. The number of aromatic nitrogens is 2. The van der Waals surface area contributed by atoms with Crippen LogP contribution in [0.2, 0.25) is 0 Å². The molecule has 0 bridgehead atoms. The average Bonchev–Trinajstić information content (AvgIpc) is 2.99. The maximum atomic E-state index is 13.2. The molecule has 30 heavy (non-hydrogen) atoms. The van der Waals surface area contributed by atoms with Gasteiger partial charge < -0.3 is 10.1 Å². The first kappa shape index (κ1) is 22.2. The van der Waals surface area contributed by atoms with Crippen LogP contribution in [-0.4, -0.2) is 50.8 Å². The zero-order valence-corrected chi connectivity index (χ0v) is 18.6. The number of nitrogens with one attached hydrogen (secondary N) is 1. The molecule has 1 amide bonds. The lowest BCUT2D eigenvalue weighted by Crippen LogP contribution is -2.29. The van der Waals surface area contributed by atoms with Gasteiger partial charge in [0.2, 0.25) is 0 Å². The van der Waals surface area contributed by atoms with Crippen LogP contribution >= 0.6 is 24.0 Å². The molecule has 0 atom stereocenters. The van der Waals surface area contributed by atoms with Crippen molar-refractivity contribution in [3.63, 3.8) is 0 Å². The molecule has 1 N–H and O–H groups in total. The van der Waals surface area contributed by atoms with E-state index in [1.54, 1.807) is 29.3 Å². The molecular weight excluding hydrogens is 420 g/mol. The van der Waals surface area contributed by atoms with E-state index in [9.17, 15) is 9.59 Å². The van der Waals surface area contributed by atoms with E-state index in [2.05, 4.69) is 16.9 Å². The molecular formula is C21H24N4O3S2. The zero-order chi connectivity index (χ0) is 21.7. The Bertz CT molecular complexity index is 1080. The minimum atomic E-state index is -0.253. The van der Waals surface area contributed by atoms with E-state index in [0.717, 1.165) is 5.56 Å². The molecule has 0 aliphatic carbocycles. The van der Waals surface area contributed by atoms with Crippen LogP contribution in [-0.2, 0) is 9.53 Å². The van der Waals surface area contributed by atoms with Gasteiger partial charge in [-0.2, -0.15) is 0 Å². The van der Waals surface area contributed by atoms with Crippen molar-refractivity contribution in [3.8, 4) is 0 Å². The Kier molecular flexibility index (Phi) is 7.41. The van der Waals surface area contributed by atoms with Crippen LogP contribution in [0.5, 0.6) is 0 Å². The average molecular weight is 445 g/mol. The Balaban J connectivity index is 1.98. The minimum absolute atomic E-state index is 0.204. The van der Waals surface area contributed by atoms with E-state index in [1.807, 2.05) is 19.9 Å². The molecule has 3 rings (SSSR count). The molecule has 0 unspecified atom stereocenters. The van der Waals surface area contributed by atoms with Crippen molar-refractivity contribution in [1.82, 2.24) is 14.3 Å². The van der Waals surface area contributed by atoms with E-state index in [4.69, 9.17) is 17.0 Å². The summed E-state index contributed by atoms with van der Waals surface area (Å²) in [4.78, 5) is 32.6. The van der Waals surface area contributed by atoms with Crippen LogP contribution in [0.25, 0.3) is 11.7 Å². The highest BCUT2D eigenvalue weighted by molar-refractivity contribution is 8.26. The maximum absolute atomic E-state index is 13.2. The largest absolute Gasteiger partial charge is 0.382 e. The Morgan fingerprint density at radius 3 is 2.90 bits per heavy atom. The highest BCUT2D eigenvalue weighted by Crippen LogP contribution is 2.33. The third-order valence-corrected chi connectivity index (χ3v) is 5.82. The van der Waals surface area contributed by atoms with E-state index >= 15 is 0 Å². The molecule has 9 heteroatoms. The number of ether oxygens (including phenoxy) is 1. The quantitative estimate of drug-likeness (QED) is 0.275. The van der Waals surface area contributed by atoms with Crippen LogP contribution in [0.15, 0.2) is 40.7 Å². The molecule has 1 fully saturated rings. The third-order valence-electron chi connectivity index (χ3n) is 4.44. The summed E-state index contributed by atoms with van der Waals surface area (Å²) < 4.78 is 7.30. The number of nitrogens with zero attached hydrogens (tertiary/aromatic N) is 3. The second kappa shape index (κ2) is 10.0. The van der Waals surface area contributed by atoms with Crippen LogP contribution < -0.4 is 10.9 Å². The van der Waals surface area contributed by atoms with Gasteiger partial charge >= 0.3 is 0 Å². The molecule has 0 spiro atoms. The first-order valence-corrected chi connectivity index (χ1v) is 10.9. The van der Waals surface area contributed by atoms with Crippen molar-refractivity contribution in [3.05, 3.63) is 57.4 Å². The number of fused-ring (bicyclic) bond motifs is 1. The summed E-state index contributed by atoms with van der Waals surface area (Å²) in [7, 11) is 0. The van der Waals surface area contributed by atoms with Crippen LogP contribution in [0.1, 0.15) is 24.5 Å². The van der Waals surface area contributed by atoms with Gasteiger partial charge in [-0.15, -0.1) is 6.58 Å². The van der Waals surface area contributed by atoms with Crippen molar-refractivity contribution in [1.29, 1.82) is 0 Å². The van der Waals surface area contributed by atoms with Gasteiger partial charge in [0.25, 0.3) is 11.5 Å². The van der Waals surface area contributed by atoms with Crippen molar-refractivity contribution in [2.24, 2.45) is 0 Å². The number of carbonyl (C=O) groups excluding carboxylic acids is 1. The summed E-state index contributed by atoms with van der Waals surface area (Å²) >= 11 is 6.57. The van der Waals surface area contributed by atoms with Crippen molar-refractivity contribution >= 4 is 51.7 Å². The number of amides is 1. The smallest absolute Gasteiger partial charge is 0.267 e. The Labute approximate surface area is 184 Å². The van der Waals surface area contributed by atoms with E-state index in [1.165, 1.54) is 16.2 Å². The number of hydrogen-bond donors (Lipinski definition) is 1. The summed E-state index contributed by atoms with van der Waals surface area (Å²) in [6.45, 7) is 9.66. The number of aryl methyl sites for hydroxylation is 1. The number of carbonyl (C=O) groups is 1. The van der Waals surface area contributed by atoms with E-state index in [0.29, 0.717) is 59.0 Å². The molecule has 1 aliphatic heterocycles.